The molecule has 0 saturated carbocycles. The van der Waals surface area contributed by atoms with Crippen LogP contribution in [0.4, 0.5) is 10.1 Å². The second-order valence-electron chi connectivity index (χ2n) is 5.04. The highest BCUT2D eigenvalue weighted by Crippen LogP contribution is 2.22. The van der Waals surface area contributed by atoms with Gasteiger partial charge in [-0.3, -0.25) is 9.36 Å². The Morgan fingerprint density at radius 2 is 1.83 bits per heavy atom. The summed E-state index contributed by atoms with van der Waals surface area (Å²) in [5, 5.41) is 11.5. The maximum atomic E-state index is 13.1. The number of aryl methyl sites for hydroxylation is 1. The normalized spacial score (nSPS) is 10.6. The van der Waals surface area contributed by atoms with Crippen LogP contribution in [0, 0.1) is 12.7 Å². The molecule has 24 heavy (non-hydrogen) atoms. The second-order valence-corrected chi connectivity index (χ2v) is 5.99. The highest BCUT2D eigenvalue weighted by molar-refractivity contribution is 7.99. The van der Waals surface area contributed by atoms with Gasteiger partial charge in [0.2, 0.25) is 5.91 Å². The van der Waals surface area contributed by atoms with Crippen LogP contribution in [0.1, 0.15) is 5.82 Å². The number of halogens is 1. The third-order valence-electron chi connectivity index (χ3n) is 3.27. The number of hydrogen-bond acceptors (Lipinski definition) is 4. The van der Waals surface area contributed by atoms with Crippen LogP contribution in [-0.2, 0) is 4.79 Å². The number of thioether (sulfide) groups is 1. The lowest BCUT2D eigenvalue weighted by Gasteiger charge is -2.08. The van der Waals surface area contributed by atoms with Crippen molar-refractivity contribution < 1.29 is 9.18 Å². The van der Waals surface area contributed by atoms with Gasteiger partial charge in [0, 0.05) is 11.4 Å². The summed E-state index contributed by atoms with van der Waals surface area (Å²) in [5.41, 5.74) is 1.50. The standard InChI is InChI=1S/C17H15FN4OS/c1-12-20-21-17(22(12)15-9-7-13(18)8-10-15)24-11-16(23)19-14-5-3-2-4-6-14/h2-10H,11H2,1H3,(H,19,23). The van der Waals surface area contributed by atoms with E-state index in [0.717, 1.165) is 11.4 Å². The molecule has 0 spiro atoms. The van der Waals surface area contributed by atoms with E-state index in [2.05, 4.69) is 15.5 Å². The van der Waals surface area contributed by atoms with Crippen LogP contribution in [0.5, 0.6) is 0 Å². The lowest BCUT2D eigenvalue weighted by molar-refractivity contribution is -0.113. The van der Waals surface area contributed by atoms with Gasteiger partial charge in [0.05, 0.1) is 5.75 Å². The number of nitrogens with one attached hydrogen (secondary N) is 1. The largest absolute Gasteiger partial charge is 0.325 e. The molecule has 5 nitrogen and oxygen atoms in total. The van der Waals surface area contributed by atoms with Crippen molar-refractivity contribution in [2.45, 2.75) is 12.1 Å². The van der Waals surface area contributed by atoms with E-state index in [1.165, 1.54) is 23.9 Å². The van der Waals surface area contributed by atoms with E-state index in [-0.39, 0.29) is 17.5 Å². The molecule has 3 rings (SSSR count). The Bertz CT molecular complexity index is 834. The van der Waals surface area contributed by atoms with Crippen LogP contribution in [0.25, 0.3) is 5.69 Å². The highest BCUT2D eigenvalue weighted by Gasteiger charge is 2.13. The fraction of sp³-hybridized carbons (Fsp3) is 0.118. The van der Waals surface area contributed by atoms with Gasteiger partial charge < -0.3 is 5.32 Å². The number of rotatable bonds is 5. The molecule has 0 atom stereocenters. The number of anilines is 1. The van der Waals surface area contributed by atoms with E-state index in [0.29, 0.717) is 11.0 Å². The third kappa shape index (κ3) is 3.80. The van der Waals surface area contributed by atoms with Crippen molar-refractivity contribution >= 4 is 23.4 Å². The predicted molar refractivity (Wildman–Crippen MR) is 91.8 cm³/mol. The molecule has 1 amide bonds. The Morgan fingerprint density at radius 1 is 1.12 bits per heavy atom. The topological polar surface area (TPSA) is 59.8 Å². The first-order valence-corrected chi connectivity index (χ1v) is 8.28. The molecule has 0 unspecified atom stereocenters. The summed E-state index contributed by atoms with van der Waals surface area (Å²) in [6.07, 6.45) is 0. The number of carbonyl (C=O) groups is 1. The molecule has 0 bridgehead atoms. The number of benzene rings is 2. The lowest BCUT2D eigenvalue weighted by atomic mass is 10.3. The first-order valence-electron chi connectivity index (χ1n) is 7.29. The van der Waals surface area contributed by atoms with Gasteiger partial charge in [0.1, 0.15) is 11.6 Å². The molecule has 0 saturated heterocycles. The molecule has 0 aliphatic heterocycles. The third-order valence-corrected chi connectivity index (χ3v) is 4.20. The maximum Gasteiger partial charge on any atom is 0.234 e. The monoisotopic (exact) mass is 342 g/mol. The number of nitrogens with zero attached hydrogens (tertiary/aromatic N) is 3. The lowest BCUT2D eigenvalue weighted by Crippen LogP contribution is -2.14. The van der Waals surface area contributed by atoms with Crippen LogP contribution in [0.3, 0.4) is 0 Å². The van der Waals surface area contributed by atoms with Gasteiger partial charge >= 0.3 is 0 Å². The van der Waals surface area contributed by atoms with Crippen molar-refractivity contribution in [1.29, 1.82) is 0 Å². The Labute approximate surface area is 142 Å². The molecule has 1 heterocycles. The minimum Gasteiger partial charge on any atom is -0.325 e. The van der Waals surface area contributed by atoms with Gasteiger partial charge in [-0.2, -0.15) is 0 Å². The van der Waals surface area contributed by atoms with E-state index in [1.807, 2.05) is 37.3 Å². The van der Waals surface area contributed by atoms with Crippen LogP contribution in [-0.4, -0.2) is 26.4 Å². The van der Waals surface area contributed by atoms with Gasteiger partial charge in [0.25, 0.3) is 0 Å². The molecule has 0 fully saturated rings. The summed E-state index contributed by atoms with van der Waals surface area (Å²) in [6.45, 7) is 1.81. The Balaban J connectivity index is 1.70. The molecule has 0 aliphatic rings. The zero-order valence-electron chi connectivity index (χ0n) is 12.9. The van der Waals surface area contributed by atoms with Crippen molar-refractivity contribution in [2.75, 3.05) is 11.1 Å². The van der Waals surface area contributed by atoms with Gasteiger partial charge in [-0.15, -0.1) is 10.2 Å². The van der Waals surface area contributed by atoms with Crippen LogP contribution in [0.2, 0.25) is 0 Å². The fourth-order valence-electron chi connectivity index (χ4n) is 2.17. The molecular formula is C17H15FN4OS. The van der Waals surface area contributed by atoms with E-state index in [1.54, 1.807) is 16.7 Å². The summed E-state index contributed by atoms with van der Waals surface area (Å²) in [7, 11) is 0. The Hall–Kier alpha value is -2.67. The fourth-order valence-corrected chi connectivity index (χ4v) is 2.97. The van der Waals surface area contributed by atoms with Crippen molar-refractivity contribution in [3.8, 4) is 5.69 Å². The molecule has 1 N–H and O–H groups in total. The first kappa shape index (κ1) is 16.2. The average Bonchev–Trinajstić information content (AvgIpc) is 2.95. The molecule has 0 radical (unpaired) electrons. The average molecular weight is 342 g/mol. The summed E-state index contributed by atoms with van der Waals surface area (Å²) < 4.78 is 14.9. The smallest absolute Gasteiger partial charge is 0.234 e. The summed E-state index contributed by atoms with van der Waals surface area (Å²) >= 11 is 1.28. The Kier molecular flexibility index (Phi) is 4.90. The SMILES string of the molecule is Cc1nnc(SCC(=O)Nc2ccccc2)n1-c1ccc(F)cc1. The van der Waals surface area contributed by atoms with Gasteiger partial charge in [0.15, 0.2) is 5.16 Å². The molecule has 3 aromatic rings. The van der Waals surface area contributed by atoms with Crippen molar-refractivity contribution in [3.05, 3.63) is 66.2 Å². The zero-order chi connectivity index (χ0) is 16.9. The van der Waals surface area contributed by atoms with E-state index < -0.39 is 0 Å². The summed E-state index contributed by atoms with van der Waals surface area (Å²) in [5.74, 6) is 0.444. The number of amides is 1. The minimum absolute atomic E-state index is 0.127. The molecule has 1 aromatic heterocycles. The van der Waals surface area contributed by atoms with Gasteiger partial charge in [-0.25, -0.2) is 4.39 Å². The van der Waals surface area contributed by atoms with E-state index in [4.69, 9.17) is 0 Å². The highest BCUT2D eigenvalue weighted by atomic mass is 32.2. The van der Waals surface area contributed by atoms with Crippen LogP contribution >= 0.6 is 11.8 Å². The first-order chi connectivity index (χ1) is 11.6. The van der Waals surface area contributed by atoms with E-state index >= 15 is 0 Å². The van der Waals surface area contributed by atoms with Crippen molar-refractivity contribution in [1.82, 2.24) is 14.8 Å². The van der Waals surface area contributed by atoms with Gasteiger partial charge in [-0.1, -0.05) is 30.0 Å². The Morgan fingerprint density at radius 3 is 2.54 bits per heavy atom. The minimum atomic E-state index is -0.305. The summed E-state index contributed by atoms with van der Waals surface area (Å²) in [4.78, 5) is 12.0. The summed E-state index contributed by atoms with van der Waals surface area (Å²) in [6, 6.07) is 15.3. The number of para-hydroxylation sites is 1. The predicted octanol–water partition coefficient (Wildman–Crippen LogP) is 3.45. The zero-order valence-corrected chi connectivity index (χ0v) is 13.8. The van der Waals surface area contributed by atoms with E-state index in [9.17, 15) is 9.18 Å². The van der Waals surface area contributed by atoms with Gasteiger partial charge in [-0.05, 0) is 43.3 Å². The van der Waals surface area contributed by atoms with Crippen LogP contribution in [0.15, 0.2) is 59.8 Å². The maximum absolute atomic E-state index is 13.1. The molecular weight excluding hydrogens is 327 g/mol. The number of hydrogen-bond donors (Lipinski definition) is 1. The van der Waals surface area contributed by atoms with Crippen LogP contribution < -0.4 is 5.32 Å². The van der Waals surface area contributed by atoms with Crippen molar-refractivity contribution in [3.63, 3.8) is 0 Å². The number of aromatic nitrogens is 3. The molecule has 7 heteroatoms. The molecule has 122 valence electrons. The quantitative estimate of drug-likeness (QED) is 0.722. The number of carbonyl (C=O) groups excluding carboxylic acids is 1. The van der Waals surface area contributed by atoms with Crippen molar-refractivity contribution in [2.24, 2.45) is 0 Å². The molecule has 0 aliphatic carbocycles. The second kappa shape index (κ2) is 7.27. The molecule has 2 aromatic carbocycles.